The standard InChI is InChI=1S/C7H5NO3S.C7H8O3S/c9-7-5-3-1-2-4-6(5)12(10,11)8-7;1-6-2-4-7(5-3-6)11(8,9)10/h1-4H,(H,8,9);2-5H,1H3,(H,8,9,10). The molecule has 3 rings (SSSR count). The quantitative estimate of drug-likeness (QED) is 0.746. The Morgan fingerprint density at radius 3 is 2.09 bits per heavy atom. The number of carbonyl (C=O) groups excluding carboxylic acids is 1. The van der Waals surface area contributed by atoms with E-state index in [1.807, 2.05) is 11.6 Å². The number of fused-ring (bicyclic) bond motifs is 1. The van der Waals surface area contributed by atoms with Crippen LogP contribution in [0.25, 0.3) is 0 Å². The molecule has 2 aromatic rings. The summed E-state index contributed by atoms with van der Waals surface area (Å²) in [6.07, 6.45) is 0. The lowest BCUT2D eigenvalue weighted by Crippen LogP contribution is -2.20. The molecule has 0 bridgehead atoms. The Bertz CT molecular complexity index is 947. The van der Waals surface area contributed by atoms with Gasteiger partial charge in [-0.25, -0.2) is 13.1 Å². The Morgan fingerprint density at radius 1 is 1.00 bits per heavy atom. The van der Waals surface area contributed by atoms with Crippen LogP contribution in [0.3, 0.4) is 0 Å². The van der Waals surface area contributed by atoms with E-state index in [0.717, 1.165) is 5.56 Å². The third-order valence-corrected chi connectivity index (χ3v) is 5.22. The van der Waals surface area contributed by atoms with E-state index < -0.39 is 26.0 Å². The van der Waals surface area contributed by atoms with Gasteiger partial charge in [-0.1, -0.05) is 29.8 Å². The molecule has 0 atom stereocenters. The van der Waals surface area contributed by atoms with Crippen molar-refractivity contribution in [2.24, 2.45) is 0 Å². The first kappa shape index (κ1) is 17.1. The van der Waals surface area contributed by atoms with Gasteiger partial charge in [0.25, 0.3) is 26.0 Å². The number of rotatable bonds is 1. The molecular formula is C14H13NO6S2. The fourth-order valence-corrected chi connectivity index (χ4v) is 3.48. The third kappa shape index (κ3) is 3.95. The third-order valence-electron chi connectivity index (χ3n) is 2.97. The lowest BCUT2D eigenvalue weighted by atomic mass is 10.2. The molecule has 1 heterocycles. The van der Waals surface area contributed by atoms with E-state index in [9.17, 15) is 21.6 Å². The van der Waals surface area contributed by atoms with Crippen molar-refractivity contribution in [1.29, 1.82) is 0 Å². The number of hydrogen-bond donors (Lipinski definition) is 2. The highest BCUT2D eigenvalue weighted by atomic mass is 32.2. The molecule has 1 aliphatic heterocycles. The van der Waals surface area contributed by atoms with Gasteiger partial charge in [0.05, 0.1) is 10.5 Å². The fraction of sp³-hybridized carbons (Fsp3) is 0.0714. The topological polar surface area (TPSA) is 118 Å². The predicted octanol–water partition coefficient (Wildman–Crippen LogP) is 1.36. The monoisotopic (exact) mass is 355 g/mol. The van der Waals surface area contributed by atoms with Crippen LogP contribution in [0.15, 0.2) is 58.3 Å². The summed E-state index contributed by atoms with van der Waals surface area (Å²) < 4.78 is 53.7. The van der Waals surface area contributed by atoms with Crippen LogP contribution in [0.5, 0.6) is 0 Å². The Morgan fingerprint density at radius 2 is 1.57 bits per heavy atom. The molecule has 0 aliphatic carbocycles. The average molecular weight is 355 g/mol. The molecule has 0 radical (unpaired) electrons. The van der Waals surface area contributed by atoms with Gasteiger partial charge in [-0.05, 0) is 31.2 Å². The van der Waals surface area contributed by atoms with Gasteiger partial charge in [0, 0.05) is 0 Å². The van der Waals surface area contributed by atoms with Gasteiger partial charge >= 0.3 is 0 Å². The second kappa shape index (κ2) is 6.11. The first-order valence-corrected chi connectivity index (χ1v) is 9.24. The summed E-state index contributed by atoms with van der Waals surface area (Å²) in [5.41, 5.74) is 1.18. The van der Waals surface area contributed by atoms with Crippen molar-refractivity contribution in [2.45, 2.75) is 16.7 Å². The highest BCUT2D eigenvalue weighted by Gasteiger charge is 2.31. The van der Waals surface area contributed by atoms with E-state index in [4.69, 9.17) is 4.55 Å². The van der Waals surface area contributed by atoms with Crippen LogP contribution in [0.4, 0.5) is 0 Å². The van der Waals surface area contributed by atoms with Crippen molar-refractivity contribution in [2.75, 3.05) is 0 Å². The van der Waals surface area contributed by atoms with E-state index in [1.54, 1.807) is 24.3 Å². The largest absolute Gasteiger partial charge is 0.294 e. The Hall–Kier alpha value is -2.23. The van der Waals surface area contributed by atoms with Crippen LogP contribution in [0, 0.1) is 6.92 Å². The van der Waals surface area contributed by atoms with Gasteiger partial charge in [0.2, 0.25) is 0 Å². The molecule has 0 spiro atoms. The van der Waals surface area contributed by atoms with Crippen molar-refractivity contribution in [3.63, 3.8) is 0 Å². The number of aryl methyl sites for hydroxylation is 1. The molecule has 1 amide bonds. The number of hydrogen-bond acceptors (Lipinski definition) is 5. The number of amides is 1. The van der Waals surface area contributed by atoms with Crippen molar-refractivity contribution < 1.29 is 26.2 Å². The summed E-state index contributed by atoms with van der Waals surface area (Å²) in [6, 6.07) is 12.1. The smallest absolute Gasteiger partial charge is 0.282 e. The molecule has 2 aromatic carbocycles. The van der Waals surface area contributed by atoms with E-state index in [1.165, 1.54) is 24.3 Å². The number of sulfonamides is 1. The minimum atomic E-state index is -4.02. The molecule has 7 nitrogen and oxygen atoms in total. The van der Waals surface area contributed by atoms with Crippen LogP contribution in [0.1, 0.15) is 15.9 Å². The van der Waals surface area contributed by atoms with E-state index in [0.29, 0.717) is 0 Å². The SMILES string of the molecule is Cc1ccc(S(=O)(=O)O)cc1.O=C1NS(=O)(=O)c2ccccc21. The second-order valence-electron chi connectivity index (χ2n) is 4.72. The zero-order valence-corrected chi connectivity index (χ0v) is 13.6. The molecule has 0 saturated carbocycles. The molecule has 23 heavy (non-hydrogen) atoms. The molecule has 9 heteroatoms. The van der Waals surface area contributed by atoms with Gasteiger partial charge in [0.15, 0.2) is 0 Å². The second-order valence-corrected chi connectivity index (χ2v) is 7.79. The Kier molecular flexibility index (Phi) is 4.55. The summed E-state index contributed by atoms with van der Waals surface area (Å²) in [4.78, 5) is 11.0. The van der Waals surface area contributed by atoms with Crippen molar-refractivity contribution in [3.05, 3.63) is 59.7 Å². The van der Waals surface area contributed by atoms with Gasteiger partial charge in [-0.3, -0.25) is 9.35 Å². The maximum Gasteiger partial charge on any atom is 0.294 e. The predicted molar refractivity (Wildman–Crippen MR) is 82.1 cm³/mol. The van der Waals surface area contributed by atoms with Crippen LogP contribution in [0.2, 0.25) is 0 Å². The molecule has 122 valence electrons. The highest BCUT2D eigenvalue weighted by Crippen LogP contribution is 2.20. The first-order valence-electron chi connectivity index (χ1n) is 6.31. The maximum absolute atomic E-state index is 11.1. The summed E-state index contributed by atoms with van der Waals surface area (Å²) >= 11 is 0. The summed E-state index contributed by atoms with van der Waals surface area (Å²) in [7, 11) is -7.57. The minimum absolute atomic E-state index is 0.0648. The molecule has 1 aliphatic rings. The summed E-state index contributed by atoms with van der Waals surface area (Å²) in [5, 5.41) is 0. The van der Waals surface area contributed by atoms with Crippen LogP contribution in [-0.2, 0) is 20.1 Å². The van der Waals surface area contributed by atoms with E-state index in [-0.39, 0.29) is 15.4 Å². The van der Waals surface area contributed by atoms with Crippen LogP contribution >= 0.6 is 0 Å². The molecule has 0 fully saturated rings. The number of nitrogens with one attached hydrogen (secondary N) is 1. The van der Waals surface area contributed by atoms with Gasteiger partial charge in [-0.15, -0.1) is 0 Å². The van der Waals surface area contributed by atoms with Crippen molar-refractivity contribution in [1.82, 2.24) is 4.72 Å². The van der Waals surface area contributed by atoms with E-state index >= 15 is 0 Å². The maximum atomic E-state index is 11.1. The lowest BCUT2D eigenvalue weighted by molar-refractivity contribution is 0.0985. The fourth-order valence-electron chi connectivity index (χ4n) is 1.83. The van der Waals surface area contributed by atoms with Crippen LogP contribution < -0.4 is 4.72 Å². The molecule has 0 unspecified atom stereocenters. The van der Waals surface area contributed by atoms with E-state index in [2.05, 4.69) is 0 Å². The van der Waals surface area contributed by atoms with Crippen LogP contribution in [-0.4, -0.2) is 27.3 Å². The summed E-state index contributed by atoms with van der Waals surface area (Å²) in [5.74, 6) is -0.550. The number of benzene rings is 2. The number of carbonyl (C=O) groups is 1. The highest BCUT2D eigenvalue weighted by molar-refractivity contribution is 7.90. The van der Waals surface area contributed by atoms with Gasteiger partial charge < -0.3 is 0 Å². The zero-order chi connectivity index (χ0) is 17.3. The normalized spacial score (nSPS) is 15.1. The average Bonchev–Trinajstić information content (AvgIpc) is 2.70. The Labute approximate surface area is 133 Å². The minimum Gasteiger partial charge on any atom is -0.282 e. The molecule has 0 aromatic heterocycles. The Balaban J connectivity index is 0.000000168. The van der Waals surface area contributed by atoms with Gasteiger partial charge in [0.1, 0.15) is 4.90 Å². The summed E-state index contributed by atoms with van der Waals surface area (Å²) in [6.45, 7) is 1.84. The van der Waals surface area contributed by atoms with Crippen molar-refractivity contribution in [3.8, 4) is 0 Å². The van der Waals surface area contributed by atoms with Gasteiger partial charge in [-0.2, -0.15) is 8.42 Å². The molecule has 2 N–H and O–H groups in total. The first-order chi connectivity index (χ1) is 10.6. The molecule has 0 saturated heterocycles. The van der Waals surface area contributed by atoms with Crippen molar-refractivity contribution >= 4 is 26.0 Å². The zero-order valence-electron chi connectivity index (χ0n) is 11.9. The molecular weight excluding hydrogens is 342 g/mol. The lowest BCUT2D eigenvalue weighted by Gasteiger charge is -1.95.